The Morgan fingerprint density at radius 1 is 1.27 bits per heavy atom. The van der Waals surface area contributed by atoms with Gasteiger partial charge in [-0.1, -0.05) is 0 Å². The highest BCUT2D eigenvalue weighted by Crippen LogP contribution is 2.03. The molecule has 0 aromatic heterocycles. The SMILES string of the molecule is COCCN(C(=O)N(C)C)C(C)COC. The molecule has 5 heteroatoms. The number of carbonyl (C=O) groups is 1. The lowest BCUT2D eigenvalue weighted by atomic mass is 10.3. The fourth-order valence-electron chi connectivity index (χ4n) is 1.28. The highest BCUT2D eigenvalue weighted by molar-refractivity contribution is 5.74. The van der Waals surface area contributed by atoms with Gasteiger partial charge in [0.2, 0.25) is 0 Å². The Morgan fingerprint density at radius 3 is 2.27 bits per heavy atom. The van der Waals surface area contributed by atoms with E-state index < -0.39 is 0 Å². The van der Waals surface area contributed by atoms with Crippen LogP contribution in [0.1, 0.15) is 6.92 Å². The van der Waals surface area contributed by atoms with E-state index in [4.69, 9.17) is 9.47 Å². The van der Waals surface area contributed by atoms with Crippen LogP contribution in [0.25, 0.3) is 0 Å². The quantitative estimate of drug-likeness (QED) is 0.657. The van der Waals surface area contributed by atoms with Gasteiger partial charge in [0, 0.05) is 34.9 Å². The molecule has 0 aromatic carbocycles. The van der Waals surface area contributed by atoms with E-state index in [-0.39, 0.29) is 12.1 Å². The predicted molar refractivity (Wildman–Crippen MR) is 59.0 cm³/mol. The Hall–Kier alpha value is -0.810. The van der Waals surface area contributed by atoms with E-state index in [0.29, 0.717) is 19.8 Å². The van der Waals surface area contributed by atoms with E-state index >= 15 is 0 Å². The molecule has 0 aliphatic carbocycles. The van der Waals surface area contributed by atoms with E-state index in [1.54, 1.807) is 38.1 Å². The highest BCUT2D eigenvalue weighted by atomic mass is 16.5. The Balaban J connectivity index is 4.35. The molecule has 0 spiro atoms. The van der Waals surface area contributed by atoms with Crippen molar-refractivity contribution >= 4 is 6.03 Å². The number of rotatable bonds is 6. The molecule has 15 heavy (non-hydrogen) atoms. The molecule has 5 nitrogen and oxygen atoms in total. The van der Waals surface area contributed by atoms with Gasteiger partial charge in [-0.15, -0.1) is 0 Å². The van der Waals surface area contributed by atoms with Crippen LogP contribution in [-0.4, -0.2) is 69.9 Å². The van der Waals surface area contributed by atoms with Gasteiger partial charge < -0.3 is 19.3 Å². The number of hydrogen-bond donors (Lipinski definition) is 0. The lowest BCUT2D eigenvalue weighted by Gasteiger charge is -2.31. The van der Waals surface area contributed by atoms with Crippen molar-refractivity contribution in [2.75, 3.05) is 48.1 Å². The topological polar surface area (TPSA) is 42.0 Å². The summed E-state index contributed by atoms with van der Waals surface area (Å²) in [7, 11) is 6.73. The van der Waals surface area contributed by atoms with Crippen molar-refractivity contribution < 1.29 is 14.3 Å². The second-order valence-electron chi connectivity index (χ2n) is 3.67. The summed E-state index contributed by atoms with van der Waals surface area (Å²) in [5.41, 5.74) is 0. The first-order valence-corrected chi connectivity index (χ1v) is 5.00. The highest BCUT2D eigenvalue weighted by Gasteiger charge is 2.20. The van der Waals surface area contributed by atoms with Crippen molar-refractivity contribution in [3.05, 3.63) is 0 Å². The first-order chi connectivity index (χ1) is 7.04. The molecule has 1 atom stereocenters. The molecule has 1 unspecified atom stereocenters. The average molecular weight is 218 g/mol. The van der Waals surface area contributed by atoms with Gasteiger partial charge in [-0.05, 0) is 6.92 Å². The van der Waals surface area contributed by atoms with E-state index in [1.807, 2.05) is 6.92 Å². The van der Waals surface area contributed by atoms with Gasteiger partial charge >= 0.3 is 6.03 Å². The number of methoxy groups -OCH3 is 2. The van der Waals surface area contributed by atoms with E-state index in [1.165, 1.54) is 0 Å². The first kappa shape index (κ1) is 14.2. The summed E-state index contributed by atoms with van der Waals surface area (Å²) in [6.07, 6.45) is 0. The monoisotopic (exact) mass is 218 g/mol. The molecule has 0 fully saturated rings. The maximum absolute atomic E-state index is 11.8. The van der Waals surface area contributed by atoms with Crippen LogP contribution >= 0.6 is 0 Å². The summed E-state index contributed by atoms with van der Waals surface area (Å²) in [4.78, 5) is 15.1. The summed E-state index contributed by atoms with van der Waals surface area (Å²) in [6.45, 7) is 3.61. The minimum absolute atomic E-state index is 0.0170. The summed E-state index contributed by atoms with van der Waals surface area (Å²) < 4.78 is 10.0. The van der Waals surface area contributed by atoms with Gasteiger partial charge in [0.25, 0.3) is 0 Å². The van der Waals surface area contributed by atoms with Crippen molar-refractivity contribution in [3.63, 3.8) is 0 Å². The zero-order chi connectivity index (χ0) is 11.8. The van der Waals surface area contributed by atoms with Gasteiger partial charge in [0.1, 0.15) is 0 Å². The van der Waals surface area contributed by atoms with Crippen LogP contribution in [0.4, 0.5) is 4.79 Å². The Morgan fingerprint density at radius 2 is 1.87 bits per heavy atom. The molecule has 2 amide bonds. The minimum Gasteiger partial charge on any atom is -0.383 e. The van der Waals surface area contributed by atoms with Crippen molar-refractivity contribution in [1.29, 1.82) is 0 Å². The van der Waals surface area contributed by atoms with Crippen molar-refractivity contribution in [2.45, 2.75) is 13.0 Å². The Kier molecular flexibility index (Phi) is 7.07. The molecule has 90 valence electrons. The number of hydrogen-bond acceptors (Lipinski definition) is 3. The minimum atomic E-state index is -0.0170. The lowest BCUT2D eigenvalue weighted by Crippen LogP contribution is -2.47. The maximum Gasteiger partial charge on any atom is 0.319 e. The molecule has 0 saturated heterocycles. The lowest BCUT2D eigenvalue weighted by molar-refractivity contribution is 0.0807. The van der Waals surface area contributed by atoms with Gasteiger partial charge in [-0.2, -0.15) is 0 Å². The fourth-order valence-corrected chi connectivity index (χ4v) is 1.28. The number of ether oxygens (including phenoxy) is 2. The second kappa shape index (κ2) is 7.48. The molecule has 0 rings (SSSR count). The third-order valence-corrected chi connectivity index (χ3v) is 2.10. The molecule has 0 saturated carbocycles. The predicted octanol–water partition coefficient (Wildman–Crippen LogP) is 0.651. The van der Waals surface area contributed by atoms with Gasteiger partial charge in [-0.3, -0.25) is 0 Å². The van der Waals surface area contributed by atoms with Crippen molar-refractivity contribution in [2.24, 2.45) is 0 Å². The molecule has 0 aliphatic heterocycles. The number of carbonyl (C=O) groups excluding carboxylic acids is 1. The molecular formula is C10H22N2O3. The summed E-state index contributed by atoms with van der Waals surface area (Å²) in [5.74, 6) is 0. The van der Waals surface area contributed by atoms with E-state index in [0.717, 1.165) is 0 Å². The van der Waals surface area contributed by atoms with E-state index in [2.05, 4.69) is 0 Å². The molecule has 0 radical (unpaired) electrons. The Bertz CT molecular complexity index is 186. The Labute approximate surface area is 91.9 Å². The van der Waals surface area contributed by atoms with Crippen LogP contribution in [0.5, 0.6) is 0 Å². The number of amides is 2. The fraction of sp³-hybridized carbons (Fsp3) is 0.900. The summed E-state index contributed by atoms with van der Waals surface area (Å²) in [5, 5.41) is 0. The third kappa shape index (κ3) is 4.99. The number of urea groups is 1. The van der Waals surface area contributed by atoms with Gasteiger partial charge in [0.15, 0.2) is 0 Å². The van der Waals surface area contributed by atoms with Gasteiger partial charge in [0.05, 0.1) is 19.3 Å². The van der Waals surface area contributed by atoms with Crippen LogP contribution in [0.15, 0.2) is 0 Å². The number of nitrogens with zero attached hydrogens (tertiary/aromatic N) is 2. The smallest absolute Gasteiger partial charge is 0.319 e. The zero-order valence-electron chi connectivity index (χ0n) is 10.3. The first-order valence-electron chi connectivity index (χ1n) is 5.00. The molecule has 0 bridgehead atoms. The van der Waals surface area contributed by atoms with Crippen molar-refractivity contribution in [3.8, 4) is 0 Å². The molecule has 0 N–H and O–H groups in total. The second-order valence-corrected chi connectivity index (χ2v) is 3.67. The van der Waals surface area contributed by atoms with Gasteiger partial charge in [-0.25, -0.2) is 4.79 Å². The van der Waals surface area contributed by atoms with Crippen LogP contribution in [0.3, 0.4) is 0 Å². The standard InChI is InChI=1S/C10H22N2O3/c1-9(8-15-5)12(6-7-14-4)10(13)11(2)3/h9H,6-8H2,1-5H3. The molecule has 0 heterocycles. The van der Waals surface area contributed by atoms with Crippen LogP contribution in [-0.2, 0) is 9.47 Å². The largest absolute Gasteiger partial charge is 0.383 e. The average Bonchev–Trinajstić information content (AvgIpc) is 2.18. The molecule has 0 aliphatic rings. The third-order valence-electron chi connectivity index (χ3n) is 2.10. The molecule has 0 aromatic rings. The van der Waals surface area contributed by atoms with Crippen LogP contribution in [0.2, 0.25) is 0 Å². The summed E-state index contributed by atoms with van der Waals surface area (Å²) >= 11 is 0. The maximum atomic E-state index is 11.8. The normalized spacial score (nSPS) is 12.3. The van der Waals surface area contributed by atoms with Crippen LogP contribution < -0.4 is 0 Å². The zero-order valence-corrected chi connectivity index (χ0v) is 10.3. The van der Waals surface area contributed by atoms with Crippen LogP contribution in [0, 0.1) is 0 Å². The molecular weight excluding hydrogens is 196 g/mol. The van der Waals surface area contributed by atoms with Crippen molar-refractivity contribution in [1.82, 2.24) is 9.80 Å². The van der Waals surface area contributed by atoms with E-state index in [9.17, 15) is 4.79 Å². The summed E-state index contributed by atoms with van der Waals surface area (Å²) in [6, 6.07) is 0.0386.